The number of ether oxygens (including phenoxy) is 1. The van der Waals surface area contributed by atoms with E-state index < -0.39 is 5.92 Å². The molecule has 0 spiro atoms. The van der Waals surface area contributed by atoms with Crippen molar-refractivity contribution in [3.63, 3.8) is 0 Å². The predicted octanol–water partition coefficient (Wildman–Crippen LogP) is 2.64. The number of alkyl halides is 2. The molecule has 104 valence electrons. The minimum atomic E-state index is -2.59. The molecule has 1 aliphatic heterocycles. The molecule has 0 atom stereocenters. The number of halogens is 2. The van der Waals surface area contributed by atoms with Gasteiger partial charge in [0.2, 0.25) is 0 Å². The summed E-state index contributed by atoms with van der Waals surface area (Å²) in [5.74, 6) is -2.87. The van der Waals surface area contributed by atoms with E-state index in [9.17, 15) is 13.6 Å². The molecule has 0 aliphatic carbocycles. The molecule has 0 unspecified atom stereocenters. The minimum Gasteiger partial charge on any atom is -0.466 e. The van der Waals surface area contributed by atoms with Crippen molar-refractivity contribution in [3.8, 4) is 0 Å². The van der Waals surface area contributed by atoms with Gasteiger partial charge in [-0.05, 0) is 24.6 Å². The number of nitrogens with zero attached hydrogens (tertiary/aromatic N) is 1. The van der Waals surface area contributed by atoms with Crippen LogP contribution in [0.1, 0.15) is 18.9 Å². The SMILES string of the molecule is CCOC(=O)Cc1ccc(N2CCC(F)(F)C2)cc1. The number of benzene rings is 1. The van der Waals surface area contributed by atoms with Gasteiger partial charge in [-0.25, -0.2) is 8.78 Å². The van der Waals surface area contributed by atoms with E-state index in [1.807, 2.05) is 0 Å². The summed E-state index contributed by atoms with van der Waals surface area (Å²) in [4.78, 5) is 13.0. The summed E-state index contributed by atoms with van der Waals surface area (Å²) in [6, 6.07) is 7.11. The Morgan fingerprint density at radius 1 is 1.37 bits per heavy atom. The second-order valence-corrected chi connectivity index (χ2v) is 4.68. The summed E-state index contributed by atoms with van der Waals surface area (Å²) in [5, 5.41) is 0. The number of rotatable bonds is 4. The van der Waals surface area contributed by atoms with Crippen molar-refractivity contribution < 1.29 is 18.3 Å². The average molecular weight is 269 g/mol. The van der Waals surface area contributed by atoms with Crippen LogP contribution in [0.5, 0.6) is 0 Å². The van der Waals surface area contributed by atoms with Crippen molar-refractivity contribution in [2.24, 2.45) is 0 Å². The molecular formula is C14H17F2NO2. The Morgan fingerprint density at radius 3 is 2.58 bits per heavy atom. The van der Waals surface area contributed by atoms with Gasteiger partial charge in [0.1, 0.15) is 0 Å². The third-order valence-electron chi connectivity index (χ3n) is 3.12. The number of hydrogen-bond acceptors (Lipinski definition) is 3. The second-order valence-electron chi connectivity index (χ2n) is 4.68. The highest BCUT2D eigenvalue weighted by Crippen LogP contribution is 2.30. The highest BCUT2D eigenvalue weighted by molar-refractivity contribution is 5.72. The summed E-state index contributed by atoms with van der Waals surface area (Å²) in [5.41, 5.74) is 1.60. The largest absolute Gasteiger partial charge is 0.466 e. The van der Waals surface area contributed by atoms with Crippen LogP contribution in [0.4, 0.5) is 14.5 Å². The summed E-state index contributed by atoms with van der Waals surface area (Å²) in [6.45, 7) is 2.25. The van der Waals surface area contributed by atoms with Gasteiger partial charge < -0.3 is 9.64 Å². The first-order chi connectivity index (χ1) is 9.00. The molecule has 0 saturated carbocycles. The molecule has 19 heavy (non-hydrogen) atoms. The fourth-order valence-corrected chi connectivity index (χ4v) is 2.16. The van der Waals surface area contributed by atoms with Crippen LogP contribution in [-0.2, 0) is 16.0 Å². The van der Waals surface area contributed by atoms with Crippen molar-refractivity contribution in [1.82, 2.24) is 0 Å². The first kappa shape index (κ1) is 13.8. The Morgan fingerprint density at radius 2 is 2.05 bits per heavy atom. The summed E-state index contributed by atoms with van der Waals surface area (Å²) >= 11 is 0. The molecule has 1 aromatic rings. The number of hydrogen-bond donors (Lipinski definition) is 0. The quantitative estimate of drug-likeness (QED) is 0.787. The van der Waals surface area contributed by atoms with Crippen molar-refractivity contribution in [2.75, 3.05) is 24.6 Å². The van der Waals surface area contributed by atoms with Gasteiger partial charge in [0.25, 0.3) is 5.92 Å². The lowest BCUT2D eigenvalue weighted by atomic mass is 10.1. The van der Waals surface area contributed by atoms with Crippen LogP contribution in [0, 0.1) is 0 Å². The zero-order chi connectivity index (χ0) is 13.9. The Labute approximate surface area is 111 Å². The maximum Gasteiger partial charge on any atom is 0.310 e. The highest BCUT2D eigenvalue weighted by Gasteiger charge is 2.38. The van der Waals surface area contributed by atoms with Crippen LogP contribution in [0.3, 0.4) is 0 Å². The van der Waals surface area contributed by atoms with Crippen LogP contribution in [0.15, 0.2) is 24.3 Å². The van der Waals surface area contributed by atoms with Crippen LogP contribution in [-0.4, -0.2) is 31.6 Å². The molecule has 0 bridgehead atoms. The summed E-state index contributed by atoms with van der Waals surface area (Å²) < 4.78 is 31.1. The van der Waals surface area contributed by atoms with E-state index in [0.29, 0.717) is 13.2 Å². The van der Waals surface area contributed by atoms with E-state index in [1.54, 1.807) is 36.1 Å². The first-order valence-electron chi connectivity index (χ1n) is 6.37. The normalized spacial score (nSPS) is 17.5. The summed E-state index contributed by atoms with van der Waals surface area (Å²) in [7, 11) is 0. The zero-order valence-corrected chi connectivity index (χ0v) is 10.9. The molecule has 3 nitrogen and oxygen atoms in total. The van der Waals surface area contributed by atoms with Gasteiger partial charge in [-0.3, -0.25) is 4.79 Å². The zero-order valence-electron chi connectivity index (χ0n) is 10.9. The lowest BCUT2D eigenvalue weighted by Crippen LogP contribution is -2.24. The smallest absolute Gasteiger partial charge is 0.310 e. The molecule has 0 N–H and O–H groups in total. The summed E-state index contributed by atoms with van der Waals surface area (Å²) in [6.07, 6.45) is 0.113. The van der Waals surface area contributed by atoms with Gasteiger partial charge in [-0.15, -0.1) is 0 Å². The molecule has 0 radical (unpaired) electrons. The average Bonchev–Trinajstić information content (AvgIpc) is 2.71. The number of carbonyl (C=O) groups is 1. The van der Waals surface area contributed by atoms with Crippen molar-refractivity contribution in [2.45, 2.75) is 25.7 Å². The van der Waals surface area contributed by atoms with Crippen molar-refractivity contribution in [1.29, 1.82) is 0 Å². The van der Waals surface area contributed by atoms with Gasteiger partial charge in [-0.1, -0.05) is 12.1 Å². The molecule has 1 heterocycles. The third kappa shape index (κ3) is 3.66. The van der Waals surface area contributed by atoms with E-state index in [2.05, 4.69) is 0 Å². The van der Waals surface area contributed by atoms with Crippen LogP contribution < -0.4 is 4.90 Å². The molecule has 1 aliphatic rings. The molecular weight excluding hydrogens is 252 g/mol. The van der Waals surface area contributed by atoms with Gasteiger partial charge in [0.05, 0.1) is 19.6 Å². The monoisotopic (exact) mass is 269 g/mol. The molecule has 1 fully saturated rings. The molecule has 2 rings (SSSR count). The number of carbonyl (C=O) groups excluding carboxylic acids is 1. The van der Waals surface area contributed by atoms with Gasteiger partial charge >= 0.3 is 5.97 Å². The standard InChI is InChI=1S/C14H17F2NO2/c1-2-19-13(18)9-11-3-5-12(6-4-11)17-8-7-14(15,16)10-17/h3-6H,2,7-10H2,1H3. The predicted molar refractivity (Wildman–Crippen MR) is 68.6 cm³/mol. The maximum absolute atomic E-state index is 13.1. The lowest BCUT2D eigenvalue weighted by Gasteiger charge is -2.18. The Kier molecular flexibility index (Phi) is 4.02. The number of anilines is 1. The molecule has 0 aromatic heterocycles. The third-order valence-corrected chi connectivity index (χ3v) is 3.12. The molecule has 1 aromatic carbocycles. The van der Waals surface area contributed by atoms with Crippen molar-refractivity contribution in [3.05, 3.63) is 29.8 Å². The van der Waals surface area contributed by atoms with Crippen molar-refractivity contribution >= 4 is 11.7 Å². The van der Waals surface area contributed by atoms with Crippen LogP contribution >= 0.6 is 0 Å². The first-order valence-corrected chi connectivity index (χ1v) is 6.37. The Balaban J connectivity index is 1.97. The Hall–Kier alpha value is -1.65. The maximum atomic E-state index is 13.1. The topological polar surface area (TPSA) is 29.5 Å². The number of esters is 1. The van der Waals surface area contributed by atoms with E-state index in [0.717, 1.165) is 11.3 Å². The Bertz CT molecular complexity index is 445. The van der Waals surface area contributed by atoms with Crippen LogP contribution in [0.25, 0.3) is 0 Å². The fraction of sp³-hybridized carbons (Fsp3) is 0.500. The van der Waals surface area contributed by atoms with Gasteiger partial charge in [-0.2, -0.15) is 0 Å². The molecule has 0 amide bonds. The van der Waals surface area contributed by atoms with Crippen LogP contribution in [0.2, 0.25) is 0 Å². The van der Waals surface area contributed by atoms with E-state index in [-0.39, 0.29) is 25.4 Å². The van der Waals surface area contributed by atoms with E-state index in [1.165, 1.54) is 0 Å². The molecule has 5 heteroatoms. The second kappa shape index (κ2) is 5.55. The highest BCUT2D eigenvalue weighted by atomic mass is 19.3. The van der Waals surface area contributed by atoms with E-state index in [4.69, 9.17) is 4.74 Å². The lowest BCUT2D eigenvalue weighted by molar-refractivity contribution is -0.142. The minimum absolute atomic E-state index is 0.0996. The van der Waals surface area contributed by atoms with Gasteiger partial charge in [0, 0.05) is 18.7 Å². The van der Waals surface area contributed by atoms with E-state index >= 15 is 0 Å². The van der Waals surface area contributed by atoms with Gasteiger partial charge in [0.15, 0.2) is 0 Å². The molecule has 1 saturated heterocycles. The fourth-order valence-electron chi connectivity index (χ4n) is 2.16.